The lowest BCUT2D eigenvalue weighted by atomic mass is 9.79. The molecule has 1 aliphatic carbocycles. The van der Waals surface area contributed by atoms with Crippen LogP contribution >= 0.6 is 0 Å². The summed E-state index contributed by atoms with van der Waals surface area (Å²) in [4.78, 5) is 38.1. The van der Waals surface area contributed by atoms with Crippen LogP contribution < -0.4 is 5.32 Å². The van der Waals surface area contributed by atoms with Crippen LogP contribution in [0.3, 0.4) is 0 Å². The van der Waals surface area contributed by atoms with E-state index in [0.29, 0.717) is 24.2 Å². The lowest BCUT2D eigenvalue weighted by Crippen LogP contribution is -2.28. The van der Waals surface area contributed by atoms with E-state index in [1.54, 1.807) is 24.1 Å². The number of esters is 1. The van der Waals surface area contributed by atoms with Gasteiger partial charge in [0.1, 0.15) is 0 Å². The molecule has 0 saturated heterocycles. The van der Waals surface area contributed by atoms with Crippen molar-refractivity contribution in [3.8, 4) is 0 Å². The molecular weight excluding hydrogens is 320 g/mol. The van der Waals surface area contributed by atoms with Crippen molar-refractivity contribution in [1.82, 2.24) is 4.90 Å². The summed E-state index contributed by atoms with van der Waals surface area (Å²) in [5.74, 6) is -0.396. The van der Waals surface area contributed by atoms with E-state index in [2.05, 4.69) is 5.32 Å². The van der Waals surface area contributed by atoms with Gasteiger partial charge in [-0.05, 0) is 30.4 Å². The predicted molar refractivity (Wildman–Crippen MR) is 93.0 cm³/mol. The van der Waals surface area contributed by atoms with Crippen molar-refractivity contribution in [2.75, 3.05) is 19.5 Å². The molecule has 1 aromatic rings. The second-order valence-electron chi connectivity index (χ2n) is 7.18. The second-order valence-corrected chi connectivity index (χ2v) is 7.18. The largest absolute Gasteiger partial charge is 0.469 e. The summed E-state index contributed by atoms with van der Waals surface area (Å²) >= 11 is 0. The summed E-state index contributed by atoms with van der Waals surface area (Å²) in [5.41, 5.74) is 1.88. The zero-order valence-electron chi connectivity index (χ0n) is 14.8. The molecule has 134 valence electrons. The van der Waals surface area contributed by atoms with Crippen LogP contribution in [0.5, 0.6) is 0 Å². The van der Waals surface area contributed by atoms with Crippen molar-refractivity contribution in [2.45, 2.75) is 45.1 Å². The van der Waals surface area contributed by atoms with Gasteiger partial charge in [-0.25, -0.2) is 0 Å². The number of hydrogen-bond donors (Lipinski definition) is 1. The minimum atomic E-state index is -0.304. The molecule has 2 amide bonds. The first-order chi connectivity index (χ1) is 11.9. The molecule has 2 aliphatic rings. The van der Waals surface area contributed by atoms with E-state index >= 15 is 0 Å². The average molecular weight is 344 g/mol. The van der Waals surface area contributed by atoms with Gasteiger partial charge in [0, 0.05) is 36.8 Å². The average Bonchev–Trinajstić information content (AvgIpc) is 3.14. The molecule has 25 heavy (non-hydrogen) atoms. The molecule has 6 heteroatoms. The fourth-order valence-corrected chi connectivity index (χ4v) is 4.04. The normalized spacial score (nSPS) is 18.2. The Balaban J connectivity index is 1.73. The van der Waals surface area contributed by atoms with Crippen LogP contribution in [0.2, 0.25) is 0 Å². The number of anilines is 1. The number of benzene rings is 1. The Morgan fingerprint density at radius 2 is 1.96 bits per heavy atom. The zero-order chi connectivity index (χ0) is 18.0. The summed E-state index contributed by atoms with van der Waals surface area (Å²) < 4.78 is 4.81. The number of hydrogen-bond acceptors (Lipinski definition) is 4. The molecule has 0 bridgehead atoms. The lowest BCUT2D eigenvalue weighted by Gasteiger charge is -2.27. The molecule has 0 spiro atoms. The fraction of sp³-hybridized carbons (Fsp3) is 0.526. The van der Waals surface area contributed by atoms with Crippen LogP contribution in [-0.2, 0) is 20.9 Å². The number of carbonyl (C=O) groups is 3. The van der Waals surface area contributed by atoms with Crippen molar-refractivity contribution in [3.63, 3.8) is 0 Å². The molecule has 1 N–H and O–H groups in total. The van der Waals surface area contributed by atoms with Crippen molar-refractivity contribution < 1.29 is 19.1 Å². The van der Waals surface area contributed by atoms with Gasteiger partial charge in [0.05, 0.1) is 13.5 Å². The first-order valence-electron chi connectivity index (χ1n) is 8.68. The molecule has 0 atom stereocenters. The maximum Gasteiger partial charge on any atom is 0.306 e. The van der Waals surface area contributed by atoms with Crippen LogP contribution in [0, 0.1) is 5.41 Å². The van der Waals surface area contributed by atoms with Crippen LogP contribution in [0.15, 0.2) is 18.2 Å². The third-order valence-electron chi connectivity index (χ3n) is 5.37. The van der Waals surface area contributed by atoms with Gasteiger partial charge >= 0.3 is 5.97 Å². The Kier molecular flexibility index (Phi) is 4.79. The number of carbonyl (C=O) groups excluding carboxylic acids is 3. The van der Waals surface area contributed by atoms with Crippen molar-refractivity contribution >= 4 is 23.5 Å². The van der Waals surface area contributed by atoms with Crippen LogP contribution in [0.25, 0.3) is 0 Å². The molecule has 6 nitrogen and oxygen atoms in total. The quantitative estimate of drug-likeness (QED) is 0.833. The minimum absolute atomic E-state index is 0.0240. The number of nitrogens with one attached hydrogen (secondary N) is 1. The fourth-order valence-electron chi connectivity index (χ4n) is 4.04. The highest BCUT2D eigenvalue weighted by Gasteiger charge is 2.38. The number of nitrogens with zero attached hydrogens (tertiary/aromatic N) is 1. The SMILES string of the molecule is COC(=O)CC1(CC(=O)Nc2cccc3c2CN(C)C3=O)CCCC1. The Hall–Kier alpha value is -2.37. The molecule has 1 saturated carbocycles. The maximum absolute atomic E-state index is 12.6. The van der Waals surface area contributed by atoms with Gasteiger partial charge in [-0.1, -0.05) is 18.9 Å². The number of methoxy groups -OCH3 is 1. The van der Waals surface area contributed by atoms with E-state index in [1.165, 1.54) is 7.11 Å². The van der Waals surface area contributed by atoms with E-state index in [9.17, 15) is 14.4 Å². The van der Waals surface area contributed by atoms with Gasteiger partial charge in [0.2, 0.25) is 5.91 Å². The van der Waals surface area contributed by atoms with Crippen LogP contribution in [0.1, 0.15) is 54.4 Å². The Morgan fingerprint density at radius 1 is 1.24 bits per heavy atom. The molecular formula is C19H24N2O4. The number of rotatable bonds is 5. The second kappa shape index (κ2) is 6.86. The highest BCUT2D eigenvalue weighted by atomic mass is 16.5. The lowest BCUT2D eigenvalue weighted by molar-refractivity contribution is -0.143. The predicted octanol–water partition coefficient (Wildman–Crippen LogP) is 2.72. The van der Waals surface area contributed by atoms with Crippen molar-refractivity contribution in [1.29, 1.82) is 0 Å². The minimum Gasteiger partial charge on any atom is -0.469 e. The van der Waals surface area contributed by atoms with E-state index < -0.39 is 0 Å². The topological polar surface area (TPSA) is 75.7 Å². The highest BCUT2D eigenvalue weighted by molar-refractivity contribution is 6.02. The van der Waals surface area contributed by atoms with Crippen molar-refractivity contribution in [3.05, 3.63) is 29.3 Å². The summed E-state index contributed by atoms with van der Waals surface area (Å²) in [6.45, 7) is 0.498. The van der Waals surface area contributed by atoms with E-state index in [1.807, 2.05) is 6.07 Å². The third-order valence-corrected chi connectivity index (χ3v) is 5.37. The Labute approximate surface area is 147 Å². The molecule has 1 aromatic carbocycles. The first kappa shape index (κ1) is 17.5. The first-order valence-corrected chi connectivity index (χ1v) is 8.68. The van der Waals surface area contributed by atoms with Gasteiger partial charge < -0.3 is 15.0 Å². The van der Waals surface area contributed by atoms with E-state index in [0.717, 1.165) is 31.2 Å². The zero-order valence-corrected chi connectivity index (χ0v) is 14.8. The van der Waals surface area contributed by atoms with E-state index in [-0.39, 0.29) is 29.6 Å². The molecule has 1 aliphatic heterocycles. The number of amides is 2. The molecule has 0 unspecified atom stereocenters. The smallest absolute Gasteiger partial charge is 0.306 e. The summed E-state index contributed by atoms with van der Waals surface area (Å²) in [5, 5.41) is 2.96. The van der Waals surface area contributed by atoms with Gasteiger partial charge in [0.15, 0.2) is 0 Å². The summed E-state index contributed by atoms with van der Waals surface area (Å²) in [6.07, 6.45) is 4.38. The highest BCUT2D eigenvalue weighted by Crippen LogP contribution is 2.44. The van der Waals surface area contributed by atoms with Gasteiger partial charge in [-0.15, -0.1) is 0 Å². The van der Waals surface area contributed by atoms with Crippen LogP contribution in [0.4, 0.5) is 5.69 Å². The van der Waals surface area contributed by atoms with Gasteiger partial charge in [0.25, 0.3) is 5.91 Å². The molecule has 0 aromatic heterocycles. The Morgan fingerprint density at radius 3 is 2.64 bits per heavy atom. The Bertz CT molecular complexity index is 707. The molecule has 1 heterocycles. The summed E-state index contributed by atoms with van der Waals surface area (Å²) in [6, 6.07) is 5.39. The number of ether oxygens (including phenoxy) is 1. The summed E-state index contributed by atoms with van der Waals surface area (Å²) in [7, 11) is 3.13. The third kappa shape index (κ3) is 3.52. The molecule has 0 radical (unpaired) electrons. The van der Waals surface area contributed by atoms with Crippen molar-refractivity contribution in [2.24, 2.45) is 5.41 Å². The van der Waals surface area contributed by atoms with Gasteiger partial charge in [-0.2, -0.15) is 0 Å². The monoisotopic (exact) mass is 344 g/mol. The maximum atomic E-state index is 12.6. The van der Waals surface area contributed by atoms with E-state index in [4.69, 9.17) is 4.74 Å². The van der Waals surface area contributed by atoms with Gasteiger partial charge in [-0.3, -0.25) is 14.4 Å². The number of fused-ring (bicyclic) bond motifs is 1. The van der Waals surface area contributed by atoms with Crippen LogP contribution in [-0.4, -0.2) is 36.8 Å². The molecule has 1 fully saturated rings. The standard InChI is InChI=1S/C19H24N2O4/c1-21-12-14-13(18(21)24)6-5-7-15(14)20-16(22)10-19(8-3-4-9-19)11-17(23)25-2/h5-7H,3-4,8-12H2,1-2H3,(H,20,22). The molecule has 3 rings (SSSR count).